The van der Waals surface area contributed by atoms with Crippen molar-refractivity contribution in [3.05, 3.63) is 71.0 Å². The average molecular weight is 784 g/mol. The molecule has 2 aliphatic heterocycles. The van der Waals surface area contributed by atoms with Gasteiger partial charge in [-0.2, -0.15) is 27.0 Å². The van der Waals surface area contributed by atoms with E-state index in [4.69, 9.17) is 27.5 Å². The van der Waals surface area contributed by atoms with Crippen molar-refractivity contribution in [2.75, 3.05) is 6.61 Å². The fourth-order valence-corrected chi connectivity index (χ4v) is 8.01. The van der Waals surface area contributed by atoms with Crippen LogP contribution in [0.2, 0.25) is 0 Å². The second kappa shape index (κ2) is 17.5. The Balaban J connectivity index is 0.000000281. The van der Waals surface area contributed by atoms with E-state index in [-0.39, 0.29) is 65.3 Å². The van der Waals surface area contributed by atoms with Gasteiger partial charge in [0.25, 0.3) is 0 Å². The fourth-order valence-electron chi connectivity index (χ4n) is 5.94. The maximum absolute atomic E-state index is 12.4. The third kappa shape index (κ3) is 9.54. The summed E-state index contributed by atoms with van der Waals surface area (Å²) in [6, 6.07) is 8.34. The van der Waals surface area contributed by atoms with Gasteiger partial charge in [0.15, 0.2) is 10.1 Å². The van der Waals surface area contributed by atoms with Crippen molar-refractivity contribution in [2.45, 2.75) is 55.9 Å². The summed E-state index contributed by atoms with van der Waals surface area (Å²) >= 11 is 0. The summed E-state index contributed by atoms with van der Waals surface area (Å²) in [5, 5.41) is 36.5. The van der Waals surface area contributed by atoms with Crippen molar-refractivity contribution in [1.29, 1.82) is 0 Å². The molecule has 0 amide bonds. The van der Waals surface area contributed by atoms with Crippen molar-refractivity contribution < 1.29 is 88.3 Å². The van der Waals surface area contributed by atoms with Gasteiger partial charge in [-0.15, -0.1) is 0 Å². The number of esters is 1. The van der Waals surface area contributed by atoms with Crippen molar-refractivity contribution in [3.8, 4) is 11.5 Å². The van der Waals surface area contributed by atoms with E-state index in [1.807, 2.05) is 0 Å². The van der Waals surface area contributed by atoms with E-state index in [0.29, 0.717) is 33.2 Å². The Morgan fingerprint density at radius 1 is 0.796 bits per heavy atom. The second-order valence-corrected chi connectivity index (χ2v) is 14.7. The Bertz CT molecular complexity index is 2230. The van der Waals surface area contributed by atoms with E-state index in [1.54, 1.807) is 20.8 Å². The van der Waals surface area contributed by atoms with Crippen LogP contribution in [0.25, 0.3) is 0 Å². The van der Waals surface area contributed by atoms with Crippen molar-refractivity contribution in [3.63, 3.8) is 0 Å². The number of carbonyl (C=O) groups excluding carboxylic acids is 1. The molecule has 0 radical (unpaired) electrons. The molecule has 0 spiro atoms. The molecular formula is C30H35B2LiN4O15S2. The molecule has 2 unspecified atom stereocenters. The van der Waals surface area contributed by atoms with Gasteiger partial charge in [-0.3, -0.25) is 19.0 Å². The topological polar surface area (TPSA) is 275 Å². The van der Waals surface area contributed by atoms with Crippen molar-refractivity contribution in [2.24, 2.45) is 14.1 Å². The minimum Gasteiger partial charge on any atom is -0.870 e. The van der Waals surface area contributed by atoms with Crippen LogP contribution in [0.5, 0.6) is 11.5 Å². The van der Waals surface area contributed by atoms with Crippen LogP contribution in [0, 0.1) is 13.8 Å². The number of carboxylic acid groups (broad SMARTS) is 1. The normalized spacial score (nSPS) is 15.9. The predicted molar refractivity (Wildman–Crippen MR) is 183 cm³/mol. The second-order valence-electron chi connectivity index (χ2n) is 11.7. The number of hydrogen-bond acceptors (Lipinski definition) is 16. The standard InChI is InChI=1S/C16H19BN2O7S.C14H15BN2O7S.Li.H2O/c1-4-24-15(20)9-13-16-10(2)7-11(8-12(16)17(21)25-13)26-27(22,23)14-5-6-18-19(14)3;1-8-5-9(24-25(21,22)12-3-4-16-17(12)2)6-10-14(8)11(7-13(18)19)23-15(10)20;;/h5-8,13,21H,4,9H2,1-3H3;3-6,11,20H,7H2,1-2H3,(H,18,19);;1H2/q;;+1;/p-1. The third-order valence-corrected chi connectivity index (χ3v) is 10.7. The van der Waals surface area contributed by atoms with Crippen LogP contribution in [-0.4, -0.2) is 89.8 Å². The first-order valence-electron chi connectivity index (χ1n) is 15.6. The Labute approximate surface area is 323 Å². The number of aromatic nitrogens is 4. The number of aryl methyl sites for hydroxylation is 4. The van der Waals surface area contributed by atoms with Gasteiger partial charge in [-0.05, 0) is 90.3 Å². The number of ether oxygens (including phenoxy) is 1. The minimum atomic E-state index is -4.10. The van der Waals surface area contributed by atoms with E-state index in [1.165, 1.54) is 67.6 Å². The van der Waals surface area contributed by atoms with Crippen LogP contribution >= 0.6 is 0 Å². The molecule has 0 fully saturated rings. The summed E-state index contributed by atoms with van der Waals surface area (Å²) in [6.07, 6.45) is 0.854. The molecule has 54 heavy (non-hydrogen) atoms. The number of fused-ring (bicyclic) bond motifs is 2. The molecule has 0 saturated carbocycles. The van der Waals surface area contributed by atoms with Crippen LogP contribution in [0.15, 0.2) is 58.8 Å². The fraction of sp³-hybridized carbons (Fsp3) is 0.333. The predicted octanol–water partition coefficient (Wildman–Crippen LogP) is -3.23. The number of nitrogens with zero attached hydrogens (tertiary/aromatic N) is 4. The molecule has 4 aromatic rings. The summed E-state index contributed by atoms with van der Waals surface area (Å²) in [5.41, 5.74) is 3.01. The number of aliphatic carboxylic acids is 1. The van der Waals surface area contributed by atoms with E-state index in [0.717, 1.165) is 4.68 Å². The van der Waals surface area contributed by atoms with Gasteiger partial charge in [0.05, 0.1) is 44.1 Å². The SMILES string of the molecule is CCOC(=O)CC1OB(O)c2cc(OS(=O)(=O)c3ccnn3C)cc(C)c21.Cc1cc(OS(=O)(=O)c2ccnn2C)cc2c1C(CC(=O)O)OB2O.[Li+].[OH-]. The van der Waals surface area contributed by atoms with Crippen molar-refractivity contribution in [1.82, 2.24) is 19.6 Å². The van der Waals surface area contributed by atoms with E-state index in [9.17, 15) is 36.5 Å². The molecule has 19 nitrogen and oxygen atoms in total. The van der Waals surface area contributed by atoms with Gasteiger partial charge in [0.1, 0.15) is 11.5 Å². The number of rotatable bonds is 11. The first-order valence-corrected chi connectivity index (χ1v) is 18.4. The summed E-state index contributed by atoms with van der Waals surface area (Å²) in [5.74, 6) is -1.48. The number of benzene rings is 2. The van der Waals surface area contributed by atoms with E-state index < -0.39 is 58.6 Å². The molecule has 2 aliphatic rings. The quantitative estimate of drug-likeness (QED) is 0.0766. The van der Waals surface area contributed by atoms with E-state index >= 15 is 0 Å². The smallest absolute Gasteiger partial charge is 0.870 e. The summed E-state index contributed by atoms with van der Waals surface area (Å²) in [6.45, 7) is 5.34. The number of carbonyl (C=O) groups is 2. The summed E-state index contributed by atoms with van der Waals surface area (Å²) in [4.78, 5) is 22.7. The number of carboxylic acids is 1. The van der Waals surface area contributed by atoms with Crippen LogP contribution in [0.1, 0.15) is 54.2 Å². The van der Waals surface area contributed by atoms with Gasteiger partial charge in [-0.25, -0.2) is 0 Å². The Hall–Kier alpha value is -4.17. The zero-order chi connectivity index (χ0) is 38.1. The van der Waals surface area contributed by atoms with Crippen LogP contribution in [0.3, 0.4) is 0 Å². The zero-order valence-electron chi connectivity index (χ0n) is 29.9. The number of hydrogen-bond donors (Lipinski definition) is 3. The van der Waals surface area contributed by atoms with Crippen molar-refractivity contribution >= 4 is 57.3 Å². The molecule has 284 valence electrons. The maximum Gasteiger partial charge on any atom is 1.00 e. The molecule has 4 heterocycles. The van der Waals surface area contributed by atoms with Gasteiger partial charge in [0, 0.05) is 14.1 Å². The molecule has 6 rings (SSSR count). The van der Waals surface area contributed by atoms with Crippen LogP contribution in [-0.2, 0) is 58.0 Å². The van der Waals surface area contributed by atoms with E-state index in [2.05, 4.69) is 10.2 Å². The summed E-state index contributed by atoms with van der Waals surface area (Å²) < 4.78 is 77.8. The molecule has 4 N–H and O–H groups in total. The first kappa shape index (κ1) is 44.2. The molecule has 2 aromatic carbocycles. The zero-order valence-corrected chi connectivity index (χ0v) is 31.6. The largest absolute Gasteiger partial charge is 1.00 e. The third-order valence-electron chi connectivity index (χ3n) is 8.04. The Morgan fingerprint density at radius 2 is 1.20 bits per heavy atom. The van der Waals surface area contributed by atoms with Gasteiger partial charge >= 0.3 is 65.3 Å². The summed E-state index contributed by atoms with van der Waals surface area (Å²) in [7, 11) is -7.87. The molecular weight excluding hydrogens is 749 g/mol. The first-order chi connectivity index (χ1) is 24.4. The maximum atomic E-state index is 12.4. The molecule has 0 bridgehead atoms. The molecule has 2 atom stereocenters. The van der Waals surface area contributed by atoms with Crippen LogP contribution in [0.4, 0.5) is 0 Å². The Kier molecular flexibility index (Phi) is 14.4. The monoisotopic (exact) mass is 784 g/mol. The molecule has 0 saturated heterocycles. The Morgan fingerprint density at radius 3 is 1.56 bits per heavy atom. The molecule has 0 aliphatic carbocycles. The van der Waals surface area contributed by atoms with Gasteiger partial charge in [0.2, 0.25) is 0 Å². The average Bonchev–Trinajstić information content (AvgIpc) is 3.80. The van der Waals surface area contributed by atoms with Crippen LogP contribution < -0.4 is 38.2 Å². The minimum absolute atomic E-state index is 0. The van der Waals surface area contributed by atoms with Gasteiger partial charge < -0.3 is 43.0 Å². The molecule has 24 heteroatoms. The molecule has 2 aromatic heterocycles. The van der Waals surface area contributed by atoms with Gasteiger partial charge in [-0.1, -0.05) is 0 Å².